The van der Waals surface area contributed by atoms with Gasteiger partial charge in [0.2, 0.25) is 0 Å². The van der Waals surface area contributed by atoms with Gasteiger partial charge in [0, 0.05) is 13.1 Å². The maximum atomic E-state index is 9.13. The molecule has 0 aromatic carbocycles. The Morgan fingerprint density at radius 2 is 0.812 bits per heavy atom. The topological polar surface area (TPSA) is 290 Å². The Balaban J connectivity index is -0.00000000970. The summed E-state index contributed by atoms with van der Waals surface area (Å²) in [6.45, 7) is -0.778. The number of carbonyl (C=O) groups is 2. The van der Waals surface area contributed by atoms with Crippen LogP contribution < -0.4 is 21.7 Å². The van der Waals surface area contributed by atoms with E-state index in [4.69, 9.17) is 19.8 Å². The number of carboxylic acid groups (broad SMARTS) is 2. The quantitative estimate of drug-likeness (QED) is 0.466. The zero-order valence-electron chi connectivity index (χ0n) is 8.41. The van der Waals surface area contributed by atoms with E-state index in [-0.39, 0.29) is 59.9 Å². The first-order valence-electron chi connectivity index (χ1n) is 2.34. The van der Waals surface area contributed by atoms with Gasteiger partial charge in [0.1, 0.15) is 0 Å². The van der Waals surface area contributed by atoms with Crippen LogP contribution in [0.2, 0.25) is 0 Å². The Kier molecular flexibility index (Phi) is 175. The van der Waals surface area contributed by atoms with Crippen LogP contribution in [-0.2, 0) is 29.1 Å². The first-order chi connectivity index (χ1) is 4.54. The normalized spacial score (nSPS) is 4.62. The molecule has 11 nitrogen and oxygen atoms in total. The van der Waals surface area contributed by atoms with Gasteiger partial charge in [0.15, 0.2) is 0 Å². The van der Waals surface area contributed by atoms with E-state index in [1.807, 2.05) is 0 Å². The van der Waals surface area contributed by atoms with Crippen LogP contribution in [0.1, 0.15) is 0 Å². The summed E-state index contributed by atoms with van der Waals surface area (Å²) >= 11 is 0. The molecule has 14 N–H and O–H groups in total. The van der Waals surface area contributed by atoms with Crippen molar-refractivity contribution in [1.29, 1.82) is 0 Å². The molecule has 0 aliphatic heterocycles. The van der Waals surface area contributed by atoms with E-state index in [0.717, 1.165) is 0 Å². The predicted molar refractivity (Wildman–Crippen MR) is 46.2 cm³/mol. The molecular weight excluding hydrogens is 285 g/mol. The van der Waals surface area contributed by atoms with Crippen LogP contribution in [0.25, 0.3) is 0 Å². The zero-order chi connectivity index (χ0) is 8.57. The molecule has 100 valence electrons. The second-order valence-electron chi connectivity index (χ2n) is 1.15. The SMILES string of the molecule is NCC(=O)[O-].NCC(=O)[O-].O.O.O.O.O.[Zn+2]. The summed E-state index contributed by atoms with van der Waals surface area (Å²) in [4.78, 5) is 18.3. The summed E-state index contributed by atoms with van der Waals surface area (Å²) < 4.78 is 0. The maximum absolute atomic E-state index is 9.13. The van der Waals surface area contributed by atoms with E-state index in [1.165, 1.54) is 0 Å². The molecule has 0 spiro atoms. The number of hydrogen-bond acceptors (Lipinski definition) is 6. The van der Waals surface area contributed by atoms with Crippen LogP contribution in [0, 0.1) is 0 Å². The minimum absolute atomic E-state index is 0. The molecule has 0 bridgehead atoms. The van der Waals surface area contributed by atoms with Gasteiger partial charge < -0.3 is 58.7 Å². The summed E-state index contributed by atoms with van der Waals surface area (Å²) in [7, 11) is 0. The van der Waals surface area contributed by atoms with E-state index < -0.39 is 11.9 Å². The van der Waals surface area contributed by atoms with Gasteiger partial charge >= 0.3 is 19.5 Å². The van der Waals surface area contributed by atoms with Crippen molar-refractivity contribution in [3.05, 3.63) is 0 Å². The van der Waals surface area contributed by atoms with E-state index >= 15 is 0 Å². The van der Waals surface area contributed by atoms with Gasteiger partial charge in [0.05, 0.1) is 11.9 Å². The standard InChI is InChI=1S/2C2H5NO2.5H2O.Zn/c2*3-1-2(4)5;;;;;;/h2*1,3H2,(H,4,5);5*1H2;/q;;;;;;;+2/p-2. The number of rotatable bonds is 2. The number of carboxylic acids is 2. The third-order valence-electron chi connectivity index (χ3n) is 0.333. The summed E-state index contributed by atoms with van der Waals surface area (Å²) in [5.74, 6) is -2.44. The van der Waals surface area contributed by atoms with Crippen molar-refractivity contribution in [1.82, 2.24) is 0 Å². The Morgan fingerprint density at radius 3 is 0.812 bits per heavy atom. The van der Waals surface area contributed by atoms with Crippen LogP contribution in [0.4, 0.5) is 0 Å². The molecule has 0 saturated heterocycles. The van der Waals surface area contributed by atoms with Crippen molar-refractivity contribution >= 4 is 11.9 Å². The van der Waals surface area contributed by atoms with Gasteiger partial charge in [-0.15, -0.1) is 0 Å². The summed E-state index contributed by atoms with van der Waals surface area (Å²) in [5, 5.41) is 18.3. The molecule has 0 amide bonds. The smallest absolute Gasteiger partial charge is 0.549 e. The Labute approximate surface area is 104 Å². The summed E-state index contributed by atoms with van der Waals surface area (Å²) in [6, 6.07) is 0. The Morgan fingerprint density at radius 1 is 0.750 bits per heavy atom. The predicted octanol–water partition coefficient (Wildman–Crippen LogP) is -8.74. The number of hydrogen-bond donors (Lipinski definition) is 2. The molecule has 0 radical (unpaired) electrons. The molecule has 0 aromatic heterocycles. The number of carbonyl (C=O) groups excluding carboxylic acids is 2. The van der Waals surface area contributed by atoms with Crippen molar-refractivity contribution in [2.75, 3.05) is 13.1 Å². The molecule has 0 aliphatic rings. The average molecular weight is 304 g/mol. The van der Waals surface area contributed by atoms with Crippen LogP contribution in [0.3, 0.4) is 0 Å². The molecule has 12 heteroatoms. The van der Waals surface area contributed by atoms with E-state index in [1.54, 1.807) is 0 Å². The maximum Gasteiger partial charge on any atom is 2.00 e. The van der Waals surface area contributed by atoms with Crippen LogP contribution in [-0.4, -0.2) is 52.4 Å². The second-order valence-corrected chi connectivity index (χ2v) is 1.15. The van der Waals surface area contributed by atoms with Crippen LogP contribution in [0.15, 0.2) is 0 Å². The van der Waals surface area contributed by atoms with E-state index in [0.29, 0.717) is 0 Å². The second kappa shape index (κ2) is 47.5. The molecule has 0 saturated carbocycles. The third kappa shape index (κ3) is 186. The van der Waals surface area contributed by atoms with E-state index in [2.05, 4.69) is 11.5 Å². The van der Waals surface area contributed by atoms with Gasteiger partial charge in [-0.2, -0.15) is 0 Å². The van der Waals surface area contributed by atoms with Crippen molar-refractivity contribution in [2.45, 2.75) is 0 Å². The fourth-order valence-electron chi connectivity index (χ4n) is 0. The third-order valence-corrected chi connectivity index (χ3v) is 0.333. The largest absolute Gasteiger partial charge is 2.00 e. The first-order valence-corrected chi connectivity index (χ1v) is 2.34. The van der Waals surface area contributed by atoms with Crippen LogP contribution in [0.5, 0.6) is 0 Å². The molecule has 0 aromatic rings. The van der Waals surface area contributed by atoms with Gasteiger partial charge in [-0.25, -0.2) is 0 Å². The molecule has 0 rings (SSSR count). The van der Waals surface area contributed by atoms with Crippen molar-refractivity contribution in [3.63, 3.8) is 0 Å². The minimum atomic E-state index is -1.22. The number of nitrogens with two attached hydrogens (primary N) is 2. The Hall–Kier alpha value is -0.717. The summed E-state index contributed by atoms with van der Waals surface area (Å²) in [6.07, 6.45) is 0. The average Bonchev–Trinajstić information content (AvgIpc) is 1.89. The molecule has 0 heterocycles. The molecule has 16 heavy (non-hydrogen) atoms. The zero-order valence-corrected chi connectivity index (χ0v) is 11.4. The summed E-state index contributed by atoms with van der Waals surface area (Å²) in [5.41, 5.74) is 9.02. The van der Waals surface area contributed by atoms with Gasteiger partial charge in [-0.3, -0.25) is 0 Å². The monoisotopic (exact) mass is 302 g/mol. The first kappa shape index (κ1) is 58.8. The van der Waals surface area contributed by atoms with Crippen molar-refractivity contribution in [3.8, 4) is 0 Å². The molecule has 0 aliphatic carbocycles. The van der Waals surface area contributed by atoms with Crippen molar-refractivity contribution in [2.24, 2.45) is 11.5 Å². The van der Waals surface area contributed by atoms with Gasteiger partial charge in [0.25, 0.3) is 0 Å². The fourth-order valence-corrected chi connectivity index (χ4v) is 0. The fraction of sp³-hybridized carbons (Fsp3) is 0.500. The van der Waals surface area contributed by atoms with Gasteiger partial charge in [-0.05, 0) is 0 Å². The van der Waals surface area contributed by atoms with Crippen LogP contribution >= 0.6 is 0 Å². The molecule has 0 atom stereocenters. The van der Waals surface area contributed by atoms with Crippen molar-refractivity contribution < 1.29 is 66.7 Å². The molecular formula is C4H18N2O9Zn. The number of aliphatic carboxylic acids is 2. The van der Waals surface area contributed by atoms with Gasteiger partial charge in [-0.1, -0.05) is 0 Å². The Bertz CT molecular complexity index is 110. The molecule has 0 fully saturated rings. The minimum Gasteiger partial charge on any atom is -0.549 e. The molecule has 0 unspecified atom stereocenters. The van der Waals surface area contributed by atoms with E-state index in [9.17, 15) is 0 Å².